The maximum atomic E-state index is 13.1. The Hall–Kier alpha value is -0.680. The van der Waals surface area contributed by atoms with Crippen LogP contribution in [0.1, 0.15) is 81.9 Å². The topological polar surface area (TPSA) is 34.1 Å². The van der Waals surface area contributed by atoms with Gasteiger partial charge in [-0.2, -0.15) is 11.8 Å². The van der Waals surface area contributed by atoms with Gasteiger partial charge in [0.05, 0.1) is 15.7 Å². The van der Waals surface area contributed by atoms with Crippen LogP contribution in [0.15, 0.2) is 53.4 Å². The first kappa shape index (κ1) is 27.6. The third kappa shape index (κ3) is 10.1. The van der Waals surface area contributed by atoms with E-state index in [4.69, 9.17) is 23.2 Å². The number of thioether (sulfide) groups is 1. The van der Waals surface area contributed by atoms with Crippen molar-refractivity contribution in [3.63, 3.8) is 0 Å². The first-order valence-electron chi connectivity index (χ1n) is 11.8. The number of sulfone groups is 1. The van der Waals surface area contributed by atoms with Crippen molar-refractivity contribution in [2.24, 2.45) is 0 Å². The Morgan fingerprint density at radius 2 is 1.41 bits per heavy atom. The molecule has 2 nitrogen and oxygen atoms in total. The van der Waals surface area contributed by atoms with Crippen LogP contribution in [-0.2, 0) is 9.84 Å². The van der Waals surface area contributed by atoms with E-state index in [1.165, 1.54) is 63.9 Å². The van der Waals surface area contributed by atoms with Crippen LogP contribution in [0.2, 0.25) is 10.0 Å². The van der Waals surface area contributed by atoms with E-state index in [1.54, 1.807) is 23.9 Å². The highest BCUT2D eigenvalue weighted by atomic mass is 35.5. The summed E-state index contributed by atoms with van der Waals surface area (Å²) in [6, 6.07) is 14.5. The lowest BCUT2D eigenvalue weighted by Gasteiger charge is -2.18. The Balaban J connectivity index is 1.85. The van der Waals surface area contributed by atoms with Gasteiger partial charge in [0, 0.05) is 10.3 Å². The fraction of sp³-hybridized carbons (Fsp3) is 0.538. The predicted octanol–water partition coefficient (Wildman–Crippen LogP) is 9.16. The maximum absolute atomic E-state index is 13.1. The summed E-state index contributed by atoms with van der Waals surface area (Å²) >= 11 is 14.0. The monoisotopic (exact) mass is 514 g/mol. The lowest BCUT2D eigenvalue weighted by molar-refractivity contribution is 0.563. The van der Waals surface area contributed by atoms with Crippen LogP contribution < -0.4 is 0 Å². The molecular formula is C26H36Cl2O2S2. The van der Waals surface area contributed by atoms with Gasteiger partial charge in [-0.15, -0.1) is 0 Å². The summed E-state index contributed by atoms with van der Waals surface area (Å²) in [5.41, 5.74) is 1.03. The van der Waals surface area contributed by atoms with Crippen molar-refractivity contribution in [2.45, 2.75) is 81.3 Å². The zero-order valence-electron chi connectivity index (χ0n) is 19.1. The second-order valence-corrected chi connectivity index (χ2v) is 12.5. The summed E-state index contributed by atoms with van der Waals surface area (Å²) in [5, 5.41) is 0.470. The Morgan fingerprint density at radius 3 is 2.03 bits per heavy atom. The van der Waals surface area contributed by atoms with E-state index in [9.17, 15) is 8.42 Å². The number of hydrogen-bond acceptors (Lipinski definition) is 3. The highest BCUT2D eigenvalue weighted by Crippen LogP contribution is 2.35. The molecule has 0 bridgehead atoms. The molecule has 178 valence electrons. The molecule has 32 heavy (non-hydrogen) atoms. The molecule has 2 aromatic carbocycles. The molecule has 1 atom stereocenters. The molecule has 0 N–H and O–H groups in total. The molecule has 0 aliphatic rings. The summed E-state index contributed by atoms with van der Waals surface area (Å²) in [5.74, 6) is 0.967. The molecule has 0 saturated heterocycles. The third-order valence-corrected chi connectivity index (χ3v) is 9.62. The Kier molecular flexibility index (Phi) is 13.1. The van der Waals surface area contributed by atoms with Crippen molar-refractivity contribution in [1.29, 1.82) is 0 Å². The van der Waals surface area contributed by atoms with E-state index in [2.05, 4.69) is 6.92 Å². The summed E-state index contributed by atoms with van der Waals surface area (Å²) in [6.45, 7) is 2.25. The number of halogens is 2. The van der Waals surface area contributed by atoms with Crippen molar-refractivity contribution in [1.82, 2.24) is 0 Å². The summed E-state index contributed by atoms with van der Waals surface area (Å²) in [6.07, 6.45) is 13.0. The van der Waals surface area contributed by atoms with E-state index in [0.717, 1.165) is 17.7 Å². The van der Waals surface area contributed by atoms with Crippen molar-refractivity contribution < 1.29 is 8.42 Å². The maximum Gasteiger partial charge on any atom is 0.181 e. The zero-order chi connectivity index (χ0) is 23.2. The van der Waals surface area contributed by atoms with Gasteiger partial charge < -0.3 is 0 Å². The van der Waals surface area contributed by atoms with Crippen LogP contribution in [0.25, 0.3) is 0 Å². The molecule has 0 fully saturated rings. The lowest BCUT2D eigenvalue weighted by Crippen LogP contribution is -2.14. The van der Waals surface area contributed by atoms with Gasteiger partial charge in [-0.25, -0.2) is 8.42 Å². The molecule has 2 rings (SSSR count). The molecule has 0 saturated carbocycles. The number of rotatable bonds is 16. The lowest BCUT2D eigenvalue weighted by atomic mass is 10.1. The second-order valence-electron chi connectivity index (χ2n) is 8.31. The van der Waals surface area contributed by atoms with Gasteiger partial charge in [-0.3, -0.25) is 0 Å². The van der Waals surface area contributed by atoms with Crippen LogP contribution >= 0.6 is 35.0 Å². The van der Waals surface area contributed by atoms with E-state index in [-0.39, 0.29) is 20.9 Å². The fourth-order valence-electron chi connectivity index (χ4n) is 3.73. The third-order valence-electron chi connectivity index (χ3n) is 5.59. The molecule has 0 spiro atoms. The van der Waals surface area contributed by atoms with Crippen molar-refractivity contribution in [3.8, 4) is 0 Å². The van der Waals surface area contributed by atoms with E-state index in [0.29, 0.717) is 5.02 Å². The number of hydrogen-bond donors (Lipinski definition) is 0. The van der Waals surface area contributed by atoms with Crippen LogP contribution in [0.5, 0.6) is 0 Å². The van der Waals surface area contributed by atoms with Crippen molar-refractivity contribution in [2.75, 3.05) is 11.5 Å². The second kappa shape index (κ2) is 15.3. The van der Waals surface area contributed by atoms with Crippen LogP contribution in [0.4, 0.5) is 0 Å². The summed E-state index contributed by atoms with van der Waals surface area (Å²) in [4.78, 5) is 0.118. The standard InChI is InChI=1S/C26H36Cl2O2S2/c1-2-3-4-5-6-7-8-9-10-14-19-31-25(22-15-12-11-13-16-22)21-32(29,30)26-20-23(27)17-18-24(26)28/h11-13,15-18,20,25H,2-10,14,19,21H2,1H3/t25-/m1/s1. The summed E-state index contributed by atoms with van der Waals surface area (Å²) in [7, 11) is -3.56. The Morgan fingerprint density at radius 1 is 0.812 bits per heavy atom. The molecule has 2 aromatic rings. The molecule has 0 unspecified atom stereocenters. The molecule has 0 aliphatic heterocycles. The normalized spacial score (nSPS) is 12.7. The quantitative estimate of drug-likeness (QED) is 0.209. The SMILES string of the molecule is CCCCCCCCCCCCS[C@H](CS(=O)(=O)c1cc(Cl)ccc1Cl)c1ccccc1. The minimum atomic E-state index is -3.56. The molecule has 0 radical (unpaired) electrons. The van der Waals surface area contributed by atoms with Gasteiger partial charge in [0.1, 0.15) is 0 Å². The molecule has 6 heteroatoms. The van der Waals surface area contributed by atoms with E-state index in [1.807, 2.05) is 30.3 Å². The average Bonchev–Trinajstić information content (AvgIpc) is 2.78. The zero-order valence-corrected chi connectivity index (χ0v) is 22.2. The van der Waals surface area contributed by atoms with E-state index >= 15 is 0 Å². The van der Waals surface area contributed by atoms with Gasteiger partial charge >= 0.3 is 0 Å². The predicted molar refractivity (Wildman–Crippen MR) is 142 cm³/mol. The first-order chi connectivity index (χ1) is 15.4. The van der Waals surface area contributed by atoms with Gasteiger partial charge in [0.2, 0.25) is 0 Å². The largest absolute Gasteiger partial charge is 0.224 e. The minimum absolute atomic E-state index is 0.0134. The smallest absolute Gasteiger partial charge is 0.181 e. The van der Waals surface area contributed by atoms with Gasteiger partial charge in [-0.1, -0.05) is 118 Å². The van der Waals surface area contributed by atoms with Crippen molar-refractivity contribution in [3.05, 3.63) is 64.1 Å². The highest BCUT2D eigenvalue weighted by Gasteiger charge is 2.25. The number of unbranched alkanes of at least 4 members (excludes halogenated alkanes) is 9. The minimum Gasteiger partial charge on any atom is -0.224 e. The summed E-state index contributed by atoms with van der Waals surface area (Å²) < 4.78 is 26.3. The van der Waals surface area contributed by atoms with Gasteiger partial charge in [0.25, 0.3) is 0 Å². The fourth-order valence-corrected chi connectivity index (χ4v) is 7.80. The van der Waals surface area contributed by atoms with Gasteiger partial charge in [0.15, 0.2) is 9.84 Å². The van der Waals surface area contributed by atoms with Crippen LogP contribution in [-0.4, -0.2) is 19.9 Å². The number of benzene rings is 2. The van der Waals surface area contributed by atoms with Crippen LogP contribution in [0, 0.1) is 0 Å². The molecule has 0 aliphatic carbocycles. The average molecular weight is 516 g/mol. The highest BCUT2D eigenvalue weighted by molar-refractivity contribution is 8.01. The Labute approximate surface area is 209 Å². The molecular weight excluding hydrogens is 479 g/mol. The first-order valence-corrected chi connectivity index (χ1v) is 15.2. The van der Waals surface area contributed by atoms with Gasteiger partial charge in [-0.05, 0) is 35.9 Å². The van der Waals surface area contributed by atoms with Crippen LogP contribution in [0.3, 0.4) is 0 Å². The van der Waals surface area contributed by atoms with E-state index < -0.39 is 9.84 Å². The Bertz CT molecular complexity index is 886. The van der Waals surface area contributed by atoms with Crippen molar-refractivity contribution >= 4 is 44.8 Å². The molecule has 0 aromatic heterocycles. The molecule has 0 heterocycles. The molecule has 0 amide bonds.